The highest BCUT2D eigenvalue weighted by Gasteiger charge is 2.22. The molecule has 0 aromatic heterocycles. The number of amides is 1. The minimum atomic E-state index is -3.13. The van der Waals surface area contributed by atoms with Gasteiger partial charge in [0.15, 0.2) is 6.04 Å². The standard InChI is InChI=1S/C11H10F3NO4/c12-5-7(10(17)18)15-9(16)6-3-1-2-4-8(6)19-11(13)14/h1-4,7,11H,5H2,(H,15,16)(H,17,18). The lowest BCUT2D eigenvalue weighted by Gasteiger charge is -2.13. The van der Waals surface area contributed by atoms with Gasteiger partial charge < -0.3 is 15.2 Å². The van der Waals surface area contributed by atoms with Gasteiger partial charge in [-0.3, -0.25) is 4.79 Å². The van der Waals surface area contributed by atoms with E-state index in [0.717, 1.165) is 12.1 Å². The van der Waals surface area contributed by atoms with Crippen LogP contribution in [0.25, 0.3) is 0 Å². The summed E-state index contributed by atoms with van der Waals surface area (Å²) in [6.45, 7) is -4.45. The van der Waals surface area contributed by atoms with E-state index in [1.54, 1.807) is 0 Å². The van der Waals surface area contributed by atoms with Gasteiger partial charge in [0, 0.05) is 0 Å². The van der Waals surface area contributed by atoms with Crippen molar-refractivity contribution < 1.29 is 32.6 Å². The van der Waals surface area contributed by atoms with E-state index in [4.69, 9.17) is 5.11 Å². The van der Waals surface area contributed by atoms with E-state index in [9.17, 15) is 22.8 Å². The molecule has 5 nitrogen and oxygen atoms in total. The third kappa shape index (κ3) is 4.16. The highest BCUT2D eigenvalue weighted by molar-refractivity contribution is 5.98. The molecule has 8 heteroatoms. The summed E-state index contributed by atoms with van der Waals surface area (Å²) in [6.07, 6.45) is 0. The molecule has 1 aromatic carbocycles. The smallest absolute Gasteiger partial charge is 0.387 e. The summed E-state index contributed by atoms with van der Waals surface area (Å²) in [5, 5.41) is 10.4. The van der Waals surface area contributed by atoms with E-state index in [2.05, 4.69) is 4.74 Å². The van der Waals surface area contributed by atoms with Crippen LogP contribution >= 0.6 is 0 Å². The van der Waals surface area contributed by atoms with Crippen LogP contribution in [0.3, 0.4) is 0 Å². The average molecular weight is 277 g/mol. The molecule has 0 heterocycles. The molecule has 0 saturated heterocycles. The fraction of sp³-hybridized carbons (Fsp3) is 0.273. The predicted molar refractivity (Wildman–Crippen MR) is 57.9 cm³/mol. The van der Waals surface area contributed by atoms with Crippen LogP contribution < -0.4 is 10.1 Å². The normalized spacial score (nSPS) is 12.0. The Morgan fingerprint density at radius 3 is 2.47 bits per heavy atom. The van der Waals surface area contributed by atoms with E-state index < -0.39 is 37.0 Å². The highest BCUT2D eigenvalue weighted by Crippen LogP contribution is 2.20. The molecule has 1 aromatic rings. The van der Waals surface area contributed by atoms with Crippen molar-refractivity contribution in [3.05, 3.63) is 29.8 Å². The molecule has 0 aliphatic heterocycles. The number of carboxylic acid groups (broad SMARTS) is 1. The fourth-order valence-corrected chi connectivity index (χ4v) is 1.26. The van der Waals surface area contributed by atoms with Gasteiger partial charge in [0.2, 0.25) is 0 Å². The topological polar surface area (TPSA) is 75.6 Å². The first-order chi connectivity index (χ1) is 8.95. The van der Waals surface area contributed by atoms with Gasteiger partial charge in [0.1, 0.15) is 12.4 Å². The van der Waals surface area contributed by atoms with Crippen molar-refractivity contribution >= 4 is 11.9 Å². The summed E-state index contributed by atoms with van der Waals surface area (Å²) in [6, 6.07) is 3.26. The maximum absolute atomic E-state index is 12.3. The predicted octanol–water partition coefficient (Wildman–Crippen LogP) is 1.44. The SMILES string of the molecule is O=C(NC(CF)C(=O)O)c1ccccc1OC(F)F. The summed E-state index contributed by atoms with van der Waals surface area (Å²) in [4.78, 5) is 22.2. The molecule has 0 aliphatic rings. The van der Waals surface area contributed by atoms with Crippen LogP contribution in [0.1, 0.15) is 10.4 Å². The second-order valence-electron chi connectivity index (χ2n) is 3.39. The number of carbonyl (C=O) groups is 2. The molecule has 1 unspecified atom stereocenters. The Morgan fingerprint density at radius 2 is 1.95 bits per heavy atom. The van der Waals surface area contributed by atoms with Crippen LogP contribution in [0.4, 0.5) is 13.2 Å². The van der Waals surface area contributed by atoms with Gasteiger partial charge in [-0.2, -0.15) is 8.78 Å². The van der Waals surface area contributed by atoms with E-state index >= 15 is 0 Å². The van der Waals surface area contributed by atoms with E-state index in [0.29, 0.717) is 0 Å². The number of carbonyl (C=O) groups excluding carboxylic acids is 1. The summed E-state index contributed by atoms with van der Waals surface area (Å²) >= 11 is 0. The number of nitrogens with one attached hydrogen (secondary N) is 1. The number of hydrogen-bond acceptors (Lipinski definition) is 3. The Kier molecular flexibility index (Phi) is 5.16. The molecule has 1 amide bonds. The number of para-hydroxylation sites is 1. The Hall–Kier alpha value is -2.25. The fourth-order valence-electron chi connectivity index (χ4n) is 1.26. The van der Waals surface area contributed by atoms with Crippen LogP contribution in [0.2, 0.25) is 0 Å². The molecule has 104 valence electrons. The molecule has 0 saturated carbocycles. The van der Waals surface area contributed by atoms with E-state index in [-0.39, 0.29) is 5.56 Å². The minimum absolute atomic E-state index is 0.303. The lowest BCUT2D eigenvalue weighted by molar-refractivity contribution is -0.139. The first kappa shape index (κ1) is 14.8. The molecular weight excluding hydrogens is 267 g/mol. The largest absolute Gasteiger partial charge is 0.480 e. The van der Waals surface area contributed by atoms with Gasteiger partial charge in [-0.1, -0.05) is 12.1 Å². The number of halogens is 3. The molecule has 0 aliphatic carbocycles. The second-order valence-corrected chi connectivity index (χ2v) is 3.39. The van der Waals surface area contributed by atoms with Crippen LogP contribution in [-0.4, -0.2) is 36.3 Å². The maximum Gasteiger partial charge on any atom is 0.387 e. The van der Waals surface area contributed by atoms with Crippen molar-refractivity contribution in [2.45, 2.75) is 12.7 Å². The Labute approximate surface area is 106 Å². The second kappa shape index (κ2) is 6.62. The number of carboxylic acids is 1. The van der Waals surface area contributed by atoms with Crippen molar-refractivity contribution in [3.63, 3.8) is 0 Å². The van der Waals surface area contributed by atoms with Gasteiger partial charge in [-0.25, -0.2) is 9.18 Å². The number of benzene rings is 1. The number of aliphatic carboxylic acids is 1. The number of rotatable bonds is 6. The molecule has 1 rings (SSSR count). The van der Waals surface area contributed by atoms with Crippen molar-refractivity contribution in [2.24, 2.45) is 0 Å². The zero-order valence-electron chi connectivity index (χ0n) is 9.48. The molecule has 0 fully saturated rings. The Bertz CT molecular complexity index is 467. The minimum Gasteiger partial charge on any atom is -0.480 e. The lowest BCUT2D eigenvalue weighted by Crippen LogP contribution is -2.42. The van der Waals surface area contributed by atoms with Crippen LogP contribution in [0.15, 0.2) is 24.3 Å². The van der Waals surface area contributed by atoms with Gasteiger partial charge in [0.05, 0.1) is 5.56 Å². The molecule has 0 radical (unpaired) electrons. The Morgan fingerprint density at radius 1 is 1.32 bits per heavy atom. The van der Waals surface area contributed by atoms with Gasteiger partial charge in [0.25, 0.3) is 5.91 Å². The first-order valence-corrected chi connectivity index (χ1v) is 5.09. The number of hydrogen-bond donors (Lipinski definition) is 2. The van der Waals surface area contributed by atoms with Crippen molar-refractivity contribution in [3.8, 4) is 5.75 Å². The lowest BCUT2D eigenvalue weighted by atomic mass is 10.1. The molecule has 0 bridgehead atoms. The third-order valence-corrected chi connectivity index (χ3v) is 2.11. The molecular formula is C11H10F3NO4. The summed E-state index contributed by atoms with van der Waals surface area (Å²) < 4.78 is 40.7. The quantitative estimate of drug-likeness (QED) is 0.825. The summed E-state index contributed by atoms with van der Waals surface area (Å²) in [5.41, 5.74) is -0.303. The van der Waals surface area contributed by atoms with Crippen LogP contribution in [-0.2, 0) is 4.79 Å². The first-order valence-electron chi connectivity index (χ1n) is 5.09. The monoisotopic (exact) mass is 277 g/mol. The summed E-state index contributed by atoms with van der Waals surface area (Å²) in [5.74, 6) is -3.00. The van der Waals surface area contributed by atoms with E-state index in [1.807, 2.05) is 5.32 Å². The van der Waals surface area contributed by atoms with E-state index in [1.165, 1.54) is 12.1 Å². The summed E-state index contributed by atoms with van der Waals surface area (Å²) in [7, 11) is 0. The maximum atomic E-state index is 12.3. The number of alkyl halides is 3. The molecule has 2 N–H and O–H groups in total. The number of ether oxygens (including phenoxy) is 1. The highest BCUT2D eigenvalue weighted by atomic mass is 19.3. The van der Waals surface area contributed by atoms with Crippen molar-refractivity contribution in [2.75, 3.05) is 6.67 Å². The molecule has 19 heavy (non-hydrogen) atoms. The van der Waals surface area contributed by atoms with Gasteiger partial charge >= 0.3 is 12.6 Å². The van der Waals surface area contributed by atoms with Crippen molar-refractivity contribution in [1.29, 1.82) is 0 Å². The van der Waals surface area contributed by atoms with Crippen molar-refractivity contribution in [1.82, 2.24) is 5.32 Å². The van der Waals surface area contributed by atoms with Gasteiger partial charge in [-0.15, -0.1) is 0 Å². The molecule has 0 spiro atoms. The third-order valence-electron chi connectivity index (χ3n) is 2.11. The Balaban J connectivity index is 2.90. The zero-order valence-corrected chi connectivity index (χ0v) is 9.48. The zero-order chi connectivity index (χ0) is 14.4. The molecule has 1 atom stereocenters. The van der Waals surface area contributed by atoms with Crippen LogP contribution in [0, 0.1) is 0 Å². The van der Waals surface area contributed by atoms with Gasteiger partial charge in [-0.05, 0) is 12.1 Å². The average Bonchev–Trinajstić information content (AvgIpc) is 2.35. The van der Waals surface area contributed by atoms with Crippen LogP contribution in [0.5, 0.6) is 5.75 Å².